The summed E-state index contributed by atoms with van der Waals surface area (Å²) in [5, 5.41) is 4.21. The molecule has 0 radical (unpaired) electrons. The monoisotopic (exact) mass is 409 g/mol. The summed E-state index contributed by atoms with van der Waals surface area (Å²) in [5.74, 6) is 1.95. The first-order chi connectivity index (χ1) is 14.2. The van der Waals surface area contributed by atoms with Crippen molar-refractivity contribution in [3.05, 3.63) is 53.0 Å². The van der Waals surface area contributed by atoms with Gasteiger partial charge in [-0.25, -0.2) is 4.98 Å². The Labute approximate surface area is 173 Å². The van der Waals surface area contributed by atoms with Crippen molar-refractivity contribution in [2.45, 2.75) is 25.3 Å². The fourth-order valence-electron chi connectivity index (χ4n) is 3.98. The summed E-state index contributed by atoms with van der Waals surface area (Å²) >= 11 is 1.78. The Morgan fingerprint density at radius 3 is 3.03 bits per heavy atom. The minimum Gasteiger partial charge on any atom is -0.454 e. The normalized spacial score (nSPS) is 18.8. The predicted molar refractivity (Wildman–Crippen MR) is 112 cm³/mol. The van der Waals surface area contributed by atoms with E-state index >= 15 is 0 Å². The average Bonchev–Trinajstić information content (AvgIpc) is 3.39. The number of para-hydroxylation sites is 1. The maximum absolute atomic E-state index is 12.5. The van der Waals surface area contributed by atoms with Crippen LogP contribution in [0.5, 0.6) is 11.5 Å². The molecule has 1 saturated heterocycles. The van der Waals surface area contributed by atoms with E-state index in [1.54, 1.807) is 11.3 Å². The number of carbonyl (C=O) groups is 1. The number of thiazole rings is 1. The summed E-state index contributed by atoms with van der Waals surface area (Å²) in [7, 11) is 0. The van der Waals surface area contributed by atoms with Crippen molar-refractivity contribution in [3.63, 3.8) is 0 Å². The van der Waals surface area contributed by atoms with Gasteiger partial charge in [-0.15, -0.1) is 11.3 Å². The van der Waals surface area contributed by atoms with Gasteiger partial charge >= 0.3 is 0 Å². The fourth-order valence-corrected chi connectivity index (χ4v) is 5.07. The predicted octanol–water partition coefficient (Wildman–Crippen LogP) is 3.52. The second-order valence-corrected chi connectivity index (χ2v) is 8.62. The molecule has 1 aromatic heterocycles. The molecule has 1 amide bonds. The van der Waals surface area contributed by atoms with Crippen LogP contribution in [0.4, 0.5) is 0 Å². The number of aromatic nitrogens is 1. The molecule has 2 aliphatic rings. The number of likely N-dealkylation sites (tertiary alicyclic amines) is 1. The zero-order valence-corrected chi connectivity index (χ0v) is 16.9. The van der Waals surface area contributed by atoms with Crippen LogP contribution >= 0.6 is 11.3 Å². The Balaban J connectivity index is 1.16. The van der Waals surface area contributed by atoms with Crippen molar-refractivity contribution in [2.24, 2.45) is 0 Å². The third-order valence-corrected chi connectivity index (χ3v) is 6.66. The van der Waals surface area contributed by atoms with Crippen LogP contribution in [0.2, 0.25) is 0 Å². The SMILES string of the molecule is O=C(CN1CCCC(c2nc3ccccc3s2)C1)NCc1ccc2c(c1)OCO2. The Bertz CT molecular complexity index is 1000. The van der Waals surface area contributed by atoms with E-state index in [4.69, 9.17) is 14.5 Å². The first kappa shape index (κ1) is 18.4. The van der Waals surface area contributed by atoms with E-state index in [1.807, 2.05) is 24.3 Å². The smallest absolute Gasteiger partial charge is 0.234 e. The minimum absolute atomic E-state index is 0.0487. The summed E-state index contributed by atoms with van der Waals surface area (Å²) in [5.41, 5.74) is 2.08. The van der Waals surface area contributed by atoms with Crippen molar-refractivity contribution in [1.82, 2.24) is 15.2 Å². The molecule has 2 aromatic carbocycles. The van der Waals surface area contributed by atoms with E-state index in [9.17, 15) is 4.79 Å². The molecule has 29 heavy (non-hydrogen) atoms. The third kappa shape index (κ3) is 4.06. The molecule has 1 N–H and O–H groups in total. The number of nitrogens with one attached hydrogen (secondary N) is 1. The van der Waals surface area contributed by atoms with Crippen LogP contribution in [0, 0.1) is 0 Å². The lowest BCUT2D eigenvalue weighted by molar-refractivity contribution is -0.122. The second kappa shape index (κ2) is 8.00. The molecule has 7 heteroatoms. The van der Waals surface area contributed by atoms with E-state index in [1.165, 1.54) is 9.71 Å². The minimum atomic E-state index is 0.0487. The van der Waals surface area contributed by atoms with Gasteiger partial charge in [0.05, 0.1) is 21.8 Å². The van der Waals surface area contributed by atoms with Gasteiger partial charge in [0.15, 0.2) is 11.5 Å². The first-order valence-corrected chi connectivity index (χ1v) is 10.8. The van der Waals surface area contributed by atoms with E-state index in [0.717, 1.165) is 48.5 Å². The van der Waals surface area contributed by atoms with Crippen LogP contribution in [-0.2, 0) is 11.3 Å². The van der Waals surface area contributed by atoms with Gasteiger partial charge in [-0.1, -0.05) is 18.2 Å². The number of fused-ring (bicyclic) bond motifs is 2. The average molecular weight is 410 g/mol. The zero-order valence-electron chi connectivity index (χ0n) is 16.1. The summed E-state index contributed by atoms with van der Waals surface area (Å²) in [6.45, 7) is 3.02. The summed E-state index contributed by atoms with van der Waals surface area (Å²) < 4.78 is 12.0. The molecular formula is C22H23N3O3S. The maximum Gasteiger partial charge on any atom is 0.234 e. The number of piperidine rings is 1. The molecule has 0 saturated carbocycles. The molecular weight excluding hydrogens is 386 g/mol. The van der Waals surface area contributed by atoms with Crippen LogP contribution < -0.4 is 14.8 Å². The van der Waals surface area contributed by atoms with Crippen LogP contribution in [0.1, 0.15) is 29.3 Å². The fraction of sp³-hybridized carbons (Fsp3) is 0.364. The Kier molecular flexibility index (Phi) is 5.08. The Morgan fingerprint density at radius 2 is 2.10 bits per heavy atom. The van der Waals surface area contributed by atoms with E-state index in [0.29, 0.717) is 19.0 Å². The van der Waals surface area contributed by atoms with Crippen LogP contribution in [0.25, 0.3) is 10.2 Å². The first-order valence-electron chi connectivity index (χ1n) is 9.98. The topological polar surface area (TPSA) is 63.7 Å². The third-order valence-electron chi connectivity index (χ3n) is 5.46. The number of hydrogen-bond donors (Lipinski definition) is 1. The molecule has 1 atom stereocenters. The molecule has 3 aromatic rings. The van der Waals surface area contributed by atoms with Crippen LogP contribution in [0.3, 0.4) is 0 Å². The summed E-state index contributed by atoms with van der Waals surface area (Å²) in [6, 6.07) is 14.0. The van der Waals surface area contributed by atoms with E-state index in [2.05, 4.69) is 28.4 Å². The van der Waals surface area contributed by atoms with Crippen LogP contribution in [0.15, 0.2) is 42.5 Å². The highest BCUT2D eigenvalue weighted by Gasteiger charge is 2.25. The quantitative estimate of drug-likeness (QED) is 0.699. The highest BCUT2D eigenvalue weighted by Crippen LogP contribution is 2.33. The highest BCUT2D eigenvalue weighted by molar-refractivity contribution is 7.18. The maximum atomic E-state index is 12.5. The number of hydrogen-bond acceptors (Lipinski definition) is 6. The molecule has 1 unspecified atom stereocenters. The van der Waals surface area contributed by atoms with E-state index in [-0.39, 0.29) is 12.7 Å². The number of ether oxygens (including phenoxy) is 2. The lowest BCUT2D eigenvalue weighted by Gasteiger charge is -2.31. The molecule has 1 fully saturated rings. The molecule has 6 nitrogen and oxygen atoms in total. The van der Waals surface area contributed by atoms with Gasteiger partial charge in [0, 0.05) is 19.0 Å². The number of amides is 1. The van der Waals surface area contributed by atoms with Crippen molar-refractivity contribution in [2.75, 3.05) is 26.4 Å². The lowest BCUT2D eigenvalue weighted by atomic mass is 9.99. The molecule has 150 valence electrons. The zero-order chi connectivity index (χ0) is 19.6. The molecule has 3 heterocycles. The number of nitrogens with zero attached hydrogens (tertiary/aromatic N) is 2. The molecule has 2 aliphatic heterocycles. The van der Waals surface area contributed by atoms with Gasteiger partial charge in [0.1, 0.15) is 0 Å². The van der Waals surface area contributed by atoms with Gasteiger partial charge in [0.25, 0.3) is 0 Å². The number of rotatable bonds is 5. The largest absolute Gasteiger partial charge is 0.454 e. The van der Waals surface area contributed by atoms with Crippen molar-refractivity contribution in [3.8, 4) is 11.5 Å². The van der Waals surface area contributed by atoms with E-state index < -0.39 is 0 Å². The summed E-state index contributed by atoms with van der Waals surface area (Å²) in [6.07, 6.45) is 2.23. The van der Waals surface area contributed by atoms with Gasteiger partial charge < -0.3 is 14.8 Å². The van der Waals surface area contributed by atoms with Crippen molar-refractivity contribution < 1.29 is 14.3 Å². The van der Waals surface area contributed by atoms with Gasteiger partial charge in [-0.3, -0.25) is 9.69 Å². The molecule has 0 spiro atoms. The van der Waals surface area contributed by atoms with Crippen molar-refractivity contribution >= 4 is 27.5 Å². The molecule has 0 bridgehead atoms. The molecule has 0 aliphatic carbocycles. The Morgan fingerprint density at radius 1 is 1.21 bits per heavy atom. The van der Waals surface area contributed by atoms with Gasteiger partial charge in [-0.05, 0) is 49.2 Å². The Hall–Kier alpha value is -2.64. The highest BCUT2D eigenvalue weighted by atomic mass is 32.1. The summed E-state index contributed by atoms with van der Waals surface area (Å²) in [4.78, 5) is 19.5. The van der Waals surface area contributed by atoms with Crippen molar-refractivity contribution in [1.29, 1.82) is 0 Å². The number of carbonyl (C=O) groups excluding carboxylic acids is 1. The second-order valence-electron chi connectivity index (χ2n) is 7.56. The van der Waals surface area contributed by atoms with Gasteiger partial charge in [0.2, 0.25) is 12.7 Å². The van der Waals surface area contributed by atoms with Crippen LogP contribution in [-0.4, -0.2) is 42.2 Å². The standard InChI is InChI=1S/C22H23N3O3S/c26-21(23-11-15-7-8-18-19(10-15)28-14-27-18)13-25-9-3-4-16(12-25)22-24-17-5-1-2-6-20(17)29-22/h1-2,5-8,10,16H,3-4,9,11-14H2,(H,23,26). The van der Waals surface area contributed by atoms with Gasteiger partial charge in [-0.2, -0.15) is 0 Å². The molecule has 5 rings (SSSR count). The lowest BCUT2D eigenvalue weighted by Crippen LogP contribution is -2.41. The number of benzene rings is 2.